The molecule has 0 aliphatic heterocycles. The van der Waals surface area contributed by atoms with Gasteiger partial charge in [0.15, 0.2) is 0 Å². The van der Waals surface area contributed by atoms with Crippen molar-refractivity contribution in [1.82, 2.24) is 10.6 Å². The van der Waals surface area contributed by atoms with Crippen molar-refractivity contribution in [2.75, 3.05) is 13.1 Å². The van der Waals surface area contributed by atoms with Crippen molar-refractivity contribution in [3.05, 3.63) is 0 Å². The van der Waals surface area contributed by atoms with Crippen LogP contribution in [0.2, 0.25) is 0 Å². The van der Waals surface area contributed by atoms with Gasteiger partial charge < -0.3 is 15.7 Å². The first-order valence-electron chi connectivity index (χ1n) is 5.40. The quantitative estimate of drug-likeness (QED) is 0.632. The fraction of sp³-hybridized carbons (Fsp3) is 0.909. The van der Waals surface area contributed by atoms with Crippen molar-refractivity contribution in [2.45, 2.75) is 52.2 Å². The average molecular weight is 216 g/mol. The highest BCUT2D eigenvalue weighted by Gasteiger charge is 2.18. The molecule has 0 aromatic carbocycles. The lowest BCUT2D eigenvalue weighted by Crippen LogP contribution is -2.46. The van der Waals surface area contributed by atoms with Gasteiger partial charge in [-0.1, -0.05) is 6.92 Å². The van der Waals surface area contributed by atoms with Crippen molar-refractivity contribution in [3.63, 3.8) is 0 Å². The van der Waals surface area contributed by atoms with Crippen LogP contribution in [0.5, 0.6) is 0 Å². The lowest BCUT2D eigenvalue weighted by molar-refractivity contribution is -0.121. The Kier molecular flexibility index (Phi) is 5.24. The number of hydrogen-bond acceptors (Lipinski definition) is 3. The molecular formula is C11H24N2O2. The highest BCUT2D eigenvalue weighted by atomic mass is 16.3. The fourth-order valence-electron chi connectivity index (χ4n) is 0.822. The molecule has 0 spiro atoms. The maximum absolute atomic E-state index is 11.4. The van der Waals surface area contributed by atoms with E-state index >= 15 is 0 Å². The second-order valence-corrected chi connectivity index (χ2v) is 5.23. The normalized spacial score (nSPS) is 15.9. The molecule has 0 aromatic rings. The van der Waals surface area contributed by atoms with E-state index in [1.807, 2.05) is 27.7 Å². The Labute approximate surface area is 92.4 Å². The Morgan fingerprint density at radius 3 is 2.20 bits per heavy atom. The Bertz CT molecular complexity index is 207. The van der Waals surface area contributed by atoms with Crippen molar-refractivity contribution in [1.29, 1.82) is 0 Å². The number of nitrogens with one attached hydrogen (secondary N) is 2. The summed E-state index contributed by atoms with van der Waals surface area (Å²) >= 11 is 0. The van der Waals surface area contributed by atoms with E-state index in [1.54, 1.807) is 6.92 Å². The van der Waals surface area contributed by atoms with Gasteiger partial charge in [0.25, 0.3) is 0 Å². The van der Waals surface area contributed by atoms with Gasteiger partial charge in [-0.2, -0.15) is 0 Å². The average Bonchev–Trinajstić information content (AvgIpc) is 2.10. The molecule has 1 atom stereocenters. The van der Waals surface area contributed by atoms with E-state index in [-0.39, 0.29) is 18.0 Å². The number of rotatable bonds is 5. The molecule has 0 rings (SSSR count). The summed E-state index contributed by atoms with van der Waals surface area (Å²) in [6.07, 6.45) is 0.625. The summed E-state index contributed by atoms with van der Waals surface area (Å²) in [6.45, 7) is 10.2. The first-order valence-corrected chi connectivity index (χ1v) is 5.40. The maximum atomic E-state index is 11.4. The summed E-state index contributed by atoms with van der Waals surface area (Å²) < 4.78 is 0. The smallest absolute Gasteiger partial charge is 0.234 e. The van der Waals surface area contributed by atoms with E-state index in [4.69, 9.17) is 0 Å². The van der Waals surface area contributed by atoms with Crippen LogP contribution in [0.1, 0.15) is 41.0 Å². The van der Waals surface area contributed by atoms with E-state index in [0.29, 0.717) is 13.0 Å². The van der Waals surface area contributed by atoms with Crippen LogP contribution in [0, 0.1) is 0 Å². The molecule has 15 heavy (non-hydrogen) atoms. The highest BCUT2D eigenvalue weighted by molar-refractivity contribution is 5.78. The molecule has 0 fully saturated rings. The molecule has 0 saturated carbocycles. The summed E-state index contributed by atoms with van der Waals surface area (Å²) in [7, 11) is 0. The summed E-state index contributed by atoms with van der Waals surface area (Å²) in [5, 5.41) is 15.4. The van der Waals surface area contributed by atoms with Gasteiger partial charge in [-0.05, 0) is 34.1 Å². The summed E-state index contributed by atoms with van der Waals surface area (Å²) in [5.41, 5.74) is -0.873. The van der Waals surface area contributed by atoms with Crippen LogP contribution in [0.3, 0.4) is 0 Å². The molecule has 0 bridgehead atoms. The van der Waals surface area contributed by atoms with Gasteiger partial charge in [0.1, 0.15) is 0 Å². The number of hydrogen-bond donors (Lipinski definition) is 3. The Balaban J connectivity index is 3.77. The van der Waals surface area contributed by atoms with Gasteiger partial charge in [-0.25, -0.2) is 0 Å². The van der Waals surface area contributed by atoms with Crippen molar-refractivity contribution >= 4 is 5.91 Å². The first kappa shape index (κ1) is 14.4. The van der Waals surface area contributed by atoms with E-state index in [2.05, 4.69) is 10.6 Å². The molecule has 0 radical (unpaired) electrons. The number of carbonyl (C=O) groups is 1. The largest absolute Gasteiger partial charge is 0.388 e. The molecule has 3 N–H and O–H groups in total. The maximum Gasteiger partial charge on any atom is 0.234 e. The Hall–Kier alpha value is -0.610. The second-order valence-electron chi connectivity index (χ2n) is 5.23. The third-order valence-corrected chi connectivity index (χ3v) is 2.21. The zero-order chi connectivity index (χ0) is 12.1. The third-order valence-electron chi connectivity index (χ3n) is 2.21. The molecule has 1 amide bonds. The number of aliphatic hydroxyl groups is 1. The minimum absolute atomic E-state index is 0.0649. The van der Waals surface area contributed by atoms with Crippen LogP contribution >= 0.6 is 0 Å². The predicted molar refractivity (Wildman–Crippen MR) is 61.7 cm³/mol. The monoisotopic (exact) mass is 216 g/mol. The van der Waals surface area contributed by atoms with Gasteiger partial charge in [0, 0.05) is 12.1 Å². The molecule has 4 nitrogen and oxygen atoms in total. The topological polar surface area (TPSA) is 61.4 Å². The minimum Gasteiger partial charge on any atom is -0.388 e. The lowest BCUT2D eigenvalue weighted by Gasteiger charge is -2.23. The van der Waals surface area contributed by atoms with Crippen LogP contribution in [-0.2, 0) is 4.79 Å². The highest BCUT2D eigenvalue weighted by Crippen LogP contribution is 2.05. The zero-order valence-corrected chi connectivity index (χ0v) is 10.5. The molecule has 90 valence electrons. The van der Waals surface area contributed by atoms with Gasteiger partial charge in [-0.15, -0.1) is 0 Å². The van der Waals surface area contributed by atoms with E-state index < -0.39 is 5.60 Å². The SMILES string of the molecule is CCC(C)(O)CNC(=O)CNC(C)(C)C. The molecule has 0 aliphatic carbocycles. The molecule has 4 heteroatoms. The lowest BCUT2D eigenvalue weighted by atomic mass is 10.0. The number of carbonyl (C=O) groups excluding carboxylic acids is 1. The van der Waals surface area contributed by atoms with Crippen molar-refractivity contribution < 1.29 is 9.90 Å². The molecule has 0 heterocycles. The van der Waals surface area contributed by atoms with E-state index in [1.165, 1.54) is 0 Å². The third kappa shape index (κ3) is 8.39. The molecule has 1 unspecified atom stereocenters. The van der Waals surface area contributed by atoms with Gasteiger partial charge in [0.2, 0.25) is 5.91 Å². The summed E-state index contributed by atoms with van der Waals surface area (Å²) in [4.78, 5) is 11.4. The van der Waals surface area contributed by atoms with Crippen LogP contribution in [-0.4, -0.2) is 35.2 Å². The molecule has 0 aliphatic rings. The number of amides is 1. The second kappa shape index (κ2) is 5.47. The van der Waals surface area contributed by atoms with Gasteiger partial charge >= 0.3 is 0 Å². The van der Waals surface area contributed by atoms with E-state index in [9.17, 15) is 9.90 Å². The van der Waals surface area contributed by atoms with Crippen LogP contribution in [0.15, 0.2) is 0 Å². The van der Waals surface area contributed by atoms with Gasteiger partial charge in [-0.3, -0.25) is 4.79 Å². The van der Waals surface area contributed by atoms with Crippen LogP contribution < -0.4 is 10.6 Å². The van der Waals surface area contributed by atoms with Gasteiger partial charge in [0.05, 0.1) is 12.1 Å². The summed E-state index contributed by atoms with van der Waals surface area (Å²) in [6, 6.07) is 0. The molecular weight excluding hydrogens is 192 g/mol. The predicted octanol–water partition coefficient (Wildman–Crippen LogP) is 0.652. The first-order chi connectivity index (χ1) is 6.66. The zero-order valence-electron chi connectivity index (χ0n) is 10.5. The standard InChI is InChI=1S/C11H24N2O2/c1-6-11(5,15)8-12-9(14)7-13-10(2,3)4/h13,15H,6-8H2,1-5H3,(H,12,14). The van der Waals surface area contributed by atoms with E-state index in [0.717, 1.165) is 0 Å². The van der Waals surface area contributed by atoms with Crippen LogP contribution in [0.25, 0.3) is 0 Å². The minimum atomic E-state index is -0.808. The van der Waals surface area contributed by atoms with Crippen molar-refractivity contribution in [2.24, 2.45) is 0 Å². The summed E-state index contributed by atoms with van der Waals surface area (Å²) in [5.74, 6) is -0.0846. The van der Waals surface area contributed by atoms with Crippen LogP contribution in [0.4, 0.5) is 0 Å². The molecule has 0 aromatic heterocycles. The van der Waals surface area contributed by atoms with Crippen molar-refractivity contribution in [3.8, 4) is 0 Å². The molecule has 0 saturated heterocycles. The Morgan fingerprint density at radius 1 is 1.27 bits per heavy atom. The fourth-order valence-corrected chi connectivity index (χ4v) is 0.822. The Morgan fingerprint density at radius 2 is 1.80 bits per heavy atom.